The van der Waals surface area contributed by atoms with Crippen molar-refractivity contribution in [3.63, 3.8) is 0 Å². The molecule has 0 radical (unpaired) electrons. The largest absolute Gasteiger partial charge is 0.369 e. The summed E-state index contributed by atoms with van der Waals surface area (Å²) in [5, 5.41) is 15.3. The van der Waals surface area contributed by atoms with Crippen LogP contribution in [0.3, 0.4) is 0 Å². The Morgan fingerprint density at radius 1 is 1.15 bits per heavy atom. The number of tetrazole rings is 1. The summed E-state index contributed by atoms with van der Waals surface area (Å²) in [6, 6.07) is 14.3. The summed E-state index contributed by atoms with van der Waals surface area (Å²) >= 11 is 7.37. The Morgan fingerprint density at radius 3 is 2.67 bits per heavy atom. The summed E-state index contributed by atoms with van der Waals surface area (Å²) in [5.41, 5.74) is 6.39. The Kier molecular flexibility index (Phi) is 6.05. The molecule has 3 N–H and O–H groups in total. The highest BCUT2D eigenvalue weighted by atomic mass is 35.5. The summed E-state index contributed by atoms with van der Waals surface area (Å²) < 4.78 is 0. The molecule has 138 valence electrons. The molecule has 0 saturated carbocycles. The van der Waals surface area contributed by atoms with Crippen LogP contribution in [0.2, 0.25) is 5.02 Å². The van der Waals surface area contributed by atoms with Crippen LogP contribution in [0, 0.1) is 0 Å². The number of para-hydroxylation sites is 1. The van der Waals surface area contributed by atoms with Crippen molar-refractivity contribution in [1.82, 2.24) is 20.2 Å². The predicted octanol–water partition coefficient (Wildman–Crippen LogP) is 2.21. The van der Waals surface area contributed by atoms with E-state index in [0.717, 1.165) is 4.90 Å². The summed E-state index contributed by atoms with van der Waals surface area (Å²) in [5.74, 6) is -0.297. The third-order valence-corrected chi connectivity index (χ3v) is 4.81. The Balaban J connectivity index is 1.67. The average molecular weight is 403 g/mol. The third-order valence-electron chi connectivity index (χ3n) is 3.38. The van der Waals surface area contributed by atoms with Crippen molar-refractivity contribution in [3.05, 3.63) is 53.6 Å². The summed E-state index contributed by atoms with van der Waals surface area (Å²) in [6.45, 7) is -0.119. The van der Waals surface area contributed by atoms with E-state index in [1.165, 1.54) is 16.6 Å². The van der Waals surface area contributed by atoms with Crippen LogP contribution in [0.25, 0.3) is 11.4 Å². The standard InChI is InChI=1S/C17H15ClN6O2S/c18-12-6-2-1-5-11(12)17-21-23-24(22-17)9-16(26)20-13-7-3-4-8-14(13)27-10-15(19)25/h1-8H,9-10H2,(H2,19,25)(H,20,26). The second kappa shape index (κ2) is 8.65. The van der Waals surface area contributed by atoms with Gasteiger partial charge in [0.15, 0.2) is 0 Å². The summed E-state index contributed by atoms with van der Waals surface area (Å²) in [7, 11) is 0. The molecule has 2 aromatic carbocycles. The maximum atomic E-state index is 12.3. The number of nitrogens with one attached hydrogen (secondary N) is 1. The lowest BCUT2D eigenvalue weighted by atomic mass is 10.2. The number of primary amides is 1. The number of aromatic nitrogens is 4. The lowest BCUT2D eigenvalue weighted by molar-refractivity contribution is -0.117. The SMILES string of the molecule is NC(=O)CSc1ccccc1NC(=O)Cn1nnc(-c2ccccc2Cl)n1. The zero-order chi connectivity index (χ0) is 19.2. The first-order valence-electron chi connectivity index (χ1n) is 7.85. The van der Waals surface area contributed by atoms with E-state index in [-0.39, 0.29) is 18.2 Å². The van der Waals surface area contributed by atoms with Crippen LogP contribution in [0.4, 0.5) is 5.69 Å². The van der Waals surface area contributed by atoms with Crippen molar-refractivity contribution in [2.75, 3.05) is 11.1 Å². The molecule has 1 aromatic heterocycles. The van der Waals surface area contributed by atoms with E-state index in [0.29, 0.717) is 22.1 Å². The molecule has 27 heavy (non-hydrogen) atoms. The van der Waals surface area contributed by atoms with Crippen LogP contribution >= 0.6 is 23.4 Å². The van der Waals surface area contributed by atoms with E-state index >= 15 is 0 Å². The van der Waals surface area contributed by atoms with Crippen molar-refractivity contribution in [2.24, 2.45) is 5.73 Å². The minimum atomic E-state index is -0.431. The lowest BCUT2D eigenvalue weighted by Crippen LogP contribution is -2.21. The van der Waals surface area contributed by atoms with E-state index in [1.54, 1.807) is 36.4 Å². The van der Waals surface area contributed by atoms with Crippen molar-refractivity contribution in [3.8, 4) is 11.4 Å². The average Bonchev–Trinajstić information content (AvgIpc) is 3.09. The Morgan fingerprint density at radius 2 is 1.89 bits per heavy atom. The fourth-order valence-electron chi connectivity index (χ4n) is 2.22. The number of thioether (sulfide) groups is 1. The predicted molar refractivity (Wildman–Crippen MR) is 103 cm³/mol. The van der Waals surface area contributed by atoms with Crippen LogP contribution in [0.1, 0.15) is 0 Å². The number of halogens is 1. The first-order chi connectivity index (χ1) is 13.0. The van der Waals surface area contributed by atoms with E-state index in [2.05, 4.69) is 20.7 Å². The van der Waals surface area contributed by atoms with Gasteiger partial charge in [-0.15, -0.1) is 22.0 Å². The van der Waals surface area contributed by atoms with Gasteiger partial charge in [-0.05, 0) is 29.5 Å². The normalized spacial score (nSPS) is 10.6. The van der Waals surface area contributed by atoms with E-state index in [4.69, 9.17) is 17.3 Å². The number of carbonyl (C=O) groups is 2. The zero-order valence-electron chi connectivity index (χ0n) is 14.0. The smallest absolute Gasteiger partial charge is 0.248 e. The molecule has 3 rings (SSSR count). The highest BCUT2D eigenvalue weighted by Gasteiger charge is 2.13. The van der Waals surface area contributed by atoms with Gasteiger partial charge in [-0.1, -0.05) is 35.9 Å². The van der Waals surface area contributed by atoms with Crippen molar-refractivity contribution in [1.29, 1.82) is 0 Å². The van der Waals surface area contributed by atoms with Gasteiger partial charge in [0.2, 0.25) is 17.6 Å². The van der Waals surface area contributed by atoms with Gasteiger partial charge < -0.3 is 11.1 Å². The summed E-state index contributed by atoms with van der Waals surface area (Å²) in [6.07, 6.45) is 0. The highest BCUT2D eigenvalue weighted by Crippen LogP contribution is 2.27. The molecular weight excluding hydrogens is 388 g/mol. The van der Waals surface area contributed by atoms with Gasteiger partial charge in [0, 0.05) is 10.5 Å². The van der Waals surface area contributed by atoms with E-state index in [9.17, 15) is 9.59 Å². The minimum Gasteiger partial charge on any atom is -0.369 e. The topological polar surface area (TPSA) is 116 Å². The van der Waals surface area contributed by atoms with E-state index in [1.807, 2.05) is 12.1 Å². The highest BCUT2D eigenvalue weighted by molar-refractivity contribution is 8.00. The van der Waals surface area contributed by atoms with Crippen LogP contribution in [-0.4, -0.2) is 37.8 Å². The maximum absolute atomic E-state index is 12.3. The van der Waals surface area contributed by atoms with Crippen molar-refractivity contribution >= 4 is 40.9 Å². The molecule has 10 heteroatoms. The molecule has 0 spiro atoms. The molecule has 0 atom stereocenters. The molecule has 0 bridgehead atoms. The molecule has 0 unspecified atom stereocenters. The van der Waals surface area contributed by atoms with Gasteiger partial charge in [-0.2, -0.15) is 4.80 Å². The Bertz CT molecular complexity index is 977. The number of nitrogens with zero attached hydrogens (tertiary/aromatic N) is 4. The second-order valence-corrected chi connectivity index (χ2v) is 6.85. The Hall–Kier alpha value is -2.91. The van der Waals surface area contributed by atoms with Crippen LogP contribution in [0.5, 0.6) is 0 Å². The van der Waals surface area contributed by atoms with Gasteiger partial charge >= 0.3 is 0 Å². The van der Waals surface area contributed by atoms with Crippen LogP contribution in [0.15, 0.2) is 53.4 Å². The van der Waals surface area contributed by atoms with Crippen LogP contribution < -0.4 is 11.1 Å². The van der Waals surface area contributed by atoms with Crippen molar-refractivity contribution in [2.45, 2.75) is 11.4 Å². The number of benzene rings is 2. The zero-order valence-corrected chi connectivity index (χ0v) is 15.6. The van der Waals surface area contributed by atoms with E-state index < -0.39 is 5.91 Å². The Labute approximate surface area is 164 Å². The minimum absolute atomic E-state index is 0.119. The quantitative estimate of drug-likeness (QED) is 0.585. The van der Waals surface area contributed by atoms with Gasteiger partial charge in [0.05, 0.1) is 16.5 Å². The van der Waals surface area contributed by atoms with Crippen molar-refractivity contribution < 1.29 is 9.59 Å². The first kappa shape index (κ1) is 18.9. The lowest BCUT2D eigenvalue weighted by Gasteiger charge is -2.09. The number of rotatable bonds is 7. The third kappa shape index (κ3) is 5.05. The number of amides is 2. The van der Waals surface area contributed by atoms with Crippen LogP contribution in [-0.2, 0) is 16.1 Å². The summed E-state index contributed by atoms with van der Waals surface area (Å²) in [4.78, 5) is 25.2. The molecule has 0 aliphatic carbocycles. The molecule has 0 aliphatic rings. The molecule has 0 saturated heterocycles. The first-order valence-corrected chi connectivity index (χ1v) is 9.22. The fourth-order valence-corrected chi connectivity index (χ4v) is 3.19. The van der Waals surface area contributed by atoms with Gasteiger partial charge in [-0.25, -0.2) is 0 Å². The monoisotopic (exact) mass is 402 g/mol. The number of anilines is 1. The number of nitrogens with two attached hydrogens (primary N) is 1. The van der Waals surface area contributed by atoms with Gasteiger partial charge in [0.1, 0.15) is 6.54 Å². The number of hydrogen-bond donors (Lipinski definition) is 2. The molecule has 0 aliphatic heterocycles. The number of hydrogen-bond acceptors (Lipinski definition) is 6. The molecule has 3 aromatic rings. The van der Waals surface area contributed by atoms with Gasteiger partial charge in [0.25, 0.3) is 0 Å². The fraction of sp³-hybridized carbons (Fsp3) is 0.118. The molecule has 2 amide bonds. The molecule has 1 heterocycles. The van der Waals surface area contributed by atoms with Gasteiger partial charge in [-0.3, -0.25) is 9.59 Å². The molecular formula is C17H15ClN6O2S. The number of carbonyl (C=O) groups excluding carboxylic acids is 2. The molecule has 8 nitrogen and oxygen atoms in total. The molecule has 0 fully saturated rings. The maximum Gasteiger partial charge on any atom is 0.248 e. The second-order valence-electron chi connectivity index (χ2n) is 5.42.